The monoisotopic (exact) mass is 233 g/mol. The highest BCUT2D eigenvalue weighted by Gasteiger charge is 2.24. The summed E-state index contributed by atoms with van der Waals surface area (Å²) >= 11 is 0. The normalized spacial score (nSPS) is 21.6. The van der Waals surface area contributed by atoms with Crippen molar-refractivity contribution in [2.75, 3.05) is 18.8 Å². The van der Waals surface area contributed by atoms with Gasteiger partial charge in [0.15, 0.2) is 0 Å². The van der Waals surface area contributed by atoms with Crippen LogP contribution in [0.4, 0.5) is 5.82 Å². The van der Waals surface area contributed by atoms with E-state index in [1.165, 1.54) is 50.8 Å². The summed E-state index contributed by atoms with van der Waals surface area (Å²) in [6.45, 7) is 4.64. The summed E-state index contributed by atoms with van der Waals surface area (Å²) in [5, 5.41) is 0. The lowest BCUT2D eigenvalue weighted by Crippen LogP contribution is -2.34. The zero-order valence-electron chi connectivity index (χ0n) is 10.7. The van der Waals surface area contributed by atoms with Crippen LogP contribution in [0.2, 0.25) is 0 Å². The maximum atomic E-state index is 6.00. The summed E-state index contributed by atoms with van der Waals surface area (Å²) in [7, 11) is 0. The molecule has 1 saturated heterocycles. The van der Waals surface area contributed by atoms with Gasteiger partial charge in [0.2, 0.25) is 0 Å². The second kappa shape index (κ2) is 6.01. The highest BCUT2D eigenvalue weighted by Crippen LogP contribution is 2.33. The number of nitrogen functional groups attached to an aromatic ring is 1. The Balaban J connectivity index is 2.13. The number of unbranched alkanes of at least 4 members (excludes halogenated alkanes) is 1. The van der Waals surface area contributed by atoms with E-state index in [-0.39, 0.29) is 0 Å². The van der Waals surface area contributed by atoms with Gasteiger partial charge in [-0.1, -0.05) is 25.8 Å². The van der Waals surface area contributed by atoms with E-state index in [2.05, 4.69) is 22.9 Å². The highest BCUT2D eigenvalue weighted by atomic mass is 15.2. The molecule has 0 amide bonds. The van der Waals surface area contributed by atoms with Gasteiger partial charge in [-0.3, -0.25) is 4.90 Å². The van der Waals surface area contributed by atoms with Crippen molar-refractivity contribution < 1.29 is 0 Å². The standard InChI is InChI=1S/C14H23N3/c1-2-3-10-17-11-5-4-8-13(17)12-7-6-9-16-14(12)15/h6-7,9,13H,2-5,8,10-11H2,1H3,(H2,15,16)/t13-/m1/s1. The molecule has 1 aliphatic rings. The summed E-state index contributed by atoms with van der Waals surface area (Å²) in [5.74, 6) is 0.709. The van der Waals surface area contributed by atoms with Crippen LogP contribution in [-0.2, 0) is 0 Å². The van der Waals surface area contributed by atoms with E-state index in [4.69, 9.17) is 5.73 Å². The topological polar surface area (TPSA) is 42.2 Å². The van der Waals surface area contributed by atoms with Gasteiger partial charge in [0.1, 0.15) is 5.82 Å². The fourth-order valence-corrected chi connectivity index (χ4v) is 2.68. The number of anilines is 1. The Labute approximate surface area is 104 Å². The van der Waals surface area contributed by atoms with Crippen LogP contribution in [-0.4, -0.2) is 23.0 Å². The van der Waals surface area contributed by atoms with E-state index in [1.54, 1.807) is 6.20 Å². The van der Waals surface area contributed by atoms with Crippen LogP contribution in [0.5, 0.6) is 0 Å². The first-order valence-electron chi connectivity index (χ1n) is 6.77. The van der Waals surface area contributed by atoms with Gasteiger partial charge in [0.05, 0.1) is 0 Å². The number of likely N-dealkylation sites (tertiary alicyclic amines) is 1. The van der Waals surface area contributed by atoms with Gasteiger partial charge < -0.3 is 5.73 Å². The fourth-order valence-electron chi connectivity index (χ4n) is 2.68. The average Bonchev–Trinajstić information content (AvgIpc) is 2.37. The van der Waals surface area contributed by atoms with E-state index in [0.29, 0.717) is 11.9 Å². The smallest absolute Gasteiger partial charge is 0.128 e. The van der Waals surface area contributed by atoms with E-state index in [1.807, 2.05) is 6.07 Å². The van der Waals surface area contributed by atoms with Crippen molar-refractivity contribution in [1.29, 1.82) is 0 Å². The van der Waals surface area contributed by atoms with Gasteiger partial charge in [0.25, 0.3) is 0 Å². The van der Waals surface area contributed by atoms with Crippen LogP contribution < -0.4 is 5.73 Å². The Morgan fingerprint density at radius 2 is 2.35 bits per heavy atom. The molecule has 0 radical (unpaired) electrons. The molecule has 94 valence electrons. The lowest BCUT2D eigenvalue weighted by Gasteiger charge is -2.36. The van der Waals surface area contributed by atoms with Crippen LogP contribution >= 0.6 is 0 Å². The van der Waals surface area contributed by atoms with Crippen LogP contribution in [0.3, 0.4) is 0 Å². The molecule has 0 aromatic carbocycles. The minimum absolute atomic E-state index is 0.490. The Hall–Kier alpha value is -1.09. The Kier molecular flexibility index (Phi) is 4.37. The lowest BCUT2D eigenvalue weighted by atomic mass is 9.95. The van der Waals surface area contributed by atoms with Crippen LogP contribution in [0, 0.1) is 0 Å². The first-order chi connectivity index (χ1) is 8.33. The number of nitrogens with two attached hydrogens (primary N) is 1. The Morgan fingerprint density at radius 1 is 1.47 bits per heavy atom. The largest absolute Gasteiger partial charge is 0.383 e. The highest BCUT2D eigenvalue weighted by molar-refractivity contribution is 5.41. The average molecular weight is 233 g/mol. The van der Waals surface area contributed by atoms with Crippen molar-refractivity contribution in [2.24, 2.45) is 0 Å². The second-order valence-electron chi connectivity index (χ2n) is 4.88. The van der Waals surface area contributed by atoms with Crippen molar-refractivity contribution in [2.45, 2.75) is 45.1 Å². The minimum atomic E-state index is 0.490. The number of rotatable bonds is 4. The van der Waals surface area contributed by atoms with Crippen molar-refractivity contribution in [3.8, 4) is 0 Å². The second-order valence-corrected chi connectivity index (χ2v) is 4.88. The molecule has 0 bridgehead atoms. The van der Waals surface area contributed by atoms with Crippen molar-refractivity contribution in [3.63, 3.8) is 0 Å². The fraction of sp³-hybridized carbons (Fsp3) is 0.643. The molecule has 1 aliphatic heterocycles. The van der Waals surface area contributed by atoms with Crippen LogP contribution in [0.15, 0.2) is 18.3 Å². The third kappa shape index (κ3) is 2.97. The van der Waals surface area contributed by atoms with Gasteiger partial charge in [-0.2, -0.15) is 0 Å². The quantitative estimate of drug-likeness (QED) is 0.869. The number of aromatic nitrogens is 1. The van der Waals surface area contributed by atoms with E-state index in [0.717, 1.165) is 0 Å². The van der Waals surface area contributed by atoms with Crippen LogP contribution in [0.1, 0.15) is 50.6 Å². The zero-order chi connectivity index (χ0) is 12.1. The van der Waals surface area contributed by atoms with Gasteiger partial charge in [0, 0.05) is 17.8 Å². The number of pyridine rings is 1. The first kappa shape index (κ1) is 12.4. The van der Waals surface area contributed by atoms with Crippen molar-refractivity contribution in [1.82, 2.24) is 9.88 Å². The molecule has 2 rings (SSSR count). The lowest BCUT2D eigenvalue weighted by molar-refractivity contribution is 0.147. The molecule has 1 aromatic rings. The molecule has 0 spiro atoms. The molecule has 2 heterocycles. The number of piperidine rings is 1. The molecule has 1 atom stereocenters. The minimum Gasteiger partial charge on any atom is -0.383 e. The Morgan fingerprint density at radius 3 is 3.12 bits per heavy atom. The summed E-state index contributed by atoms with van der Waals surface area (Å²) < 4.78 is 0. The van der Waals surface area contributed by atoms with Gasteiger partial charge >= 0.3 is 0 Å². The summed E-state index contributed by atoms with van der Waals surface area (Å²) in [4.78, 5) is 6.80. The van der Waals surface area contributed by atoms with E-state index in [9.17, 15) is 0 Å². The Bertz CT molecular complexity index is 351. The van der Waals surface area contributed by atoms with Gasteiger partial charge in [-0.15, -0.1) is 0 Å². The third-order valence-corrected chi connectivity index (χ3v) is 3.64. The predicted molar refractivity (Wildman–Crippen MR) is 71.7 cm³/mol. The molecule has 1 aromatic heterocycles. The molecule has 0 saturated carbocycles. The molecule has 2 N–H and O–H groups in total. The third-order valence-electron chi connectivity index (χ3n) is 3.64. The molecule has 0 unspecified atom stereocenters. The van der Waals surface area contributed by atoms with Crippen LogP contribution in [0.25, 0.3) is 0 Å². The summed E-state index contributed by atoms with van der Waals surface area (Å²) in [6, 6.07) is 4.62. The molecule has 1 fully saturated rings. The number of hydrogen-bond donors (Lipinski definition) is 1. The van der Waals surface area contributed by atoms with Gasteiger partial charge in [-0.05, 0) is 38.4 Å². The van der Waals surface area contributed by atoms with E-state index < -0.39 is 0 Å². The van der Waals surface area contributed by atoms with Crippen molar-refractivity contribution >= 4 is 5.82 Å². The maximum Gasteiger partial charge on any atom is 0.128 e. The molecule has 17 heavy (non-hydrogen) atoms. The summed E-state index contributed by atoms with van der Waals surface area (Å²) in [6.07, 6.45) is 8.15. The van der Waals surface area contributed by atoms with E-state index >= 15 is 0 Å². The van der Waals surface area contributed by atoms with Crippen molar-refractivity contribution in [3.05, 3.63) is 23.9 Å². The number of nitrogens with zero attached hydrogens (tertiary/aromatic N) is 2. The molecule has 0 aliphatic carbocycles. The predicted octanol–water partition coefficient (Wildman–Crippen LogP) is 2.99. The SMILES string of the molecule is CCCCN1CCCC[C@@H]1c1cccnc1N. The van der Waals surface area contributed by atoms with Gasteiger partial charge in [-0.25, -0.2) is 4.98 Å². The molecular weight excluding hydrogens is 210 g/mol. The molecular formula is C14H23N3. The zero-order valence-corrected chi connectivity index (χ0v) is 10.7. The molecule has 3 heteroatoms. The summed E-state index contributed by atoms with van der Waals surface area (Å²) in [5.41, 5.74) is 7.23. The maximum absolute atomic E-state index is 6.00. The first-order valence-corrected chi connectivity index (χ1v) is 6.77. The number of hydrogen-bond acceptors (Lipinski definition) is 3. The molecule has 3 nitrogen and oxygen atoms in total.